The van der Waals surface area contributed by atoms with Gasteiger partial charge in [-0.05, 0) is 140 Å². The van der Waals surface area contributed by atoms with Gasteiger partial charge in [-0.2, -0.15) is 10.2 Å². The van der Waals surface area contributed by atoms with Gasteiger partial charge in [-0.25, -0.2) is 0 Å². The second-order valence-electron chi connectivity index (χ2n) is 18.9. The highest BCUT2D eigenvalue weighted by Gasteiger charge is 2.65. The number of aldehydes is 1. The van der Waals surface area contributed by atoms with Crippen molar-refractivity contribution in [3.63, 3.8) is 0 Å². The lowest BCUT2D eigenvalue weighted by Crippen LogP contribution is -2.61. The minimum absolute atomic E-state index is 0. The molecule has 0 spiro atoms. The van der Waals surface area contributed by atoms with Gasteiger partial charge in [-0.3, -0.25) is 14.4 Å². The number of esters is 1. The Balaban J connectivity index is 0.00000295. The number of hydrogen-bond donors (Lipinski definition) is 2. The minimum Gasteiger partial charge on any atom is -0.483 e. The van der Waals surface area contributed by atoms with Gasteiger partial charge in [0.15, 0.2) is 5.78 Å². The Hall–Kier alpha value is -3.72. The number of carboxylic acid groups (broad SMARTS) is 1. The molecule has 9 heteroatoms. The normalized spacial score (nSPS) is 30.5. The van der Waals surface area contributed by atoms with Crippen molar-refractivity contribution < 1.29 is 34.1 Å². The van der Waals surface area contributed by atoms with Crippen molar-refractivity contribution in [3.8, 4) is 0 Å². The predicted molar refractivity (Wildman–Crippen MR) is 263 cm³/mol. The van der Waals surface area contributed by atoms with Gasteiger partial charge in [-0.15, -0.1) is 13.2 Å². The lowest BCUT2D eigenvalue weighted by Gasteiger charge is -2.67. The second kappa shape index (κ2) is 26.3. The number of nitrogens with zero attached hydrogens (tertiary/aromatic N) is 2. The zero-order valence-electron chi connectivity index (χ0n) is 41.5. The monoisotopic (exact) mass is 879 g/mol. The van der Waals surface area contributed by atoms with Crippen LogP contribution in [0.4, 0.5) is 0 Å². The lowest BCUT2D eigenvalue weighted by molar-refractivity contribution is -0.190. The molecule has 63 heavy (non-hydrogen) atoms. The molecule has 2 N–H and O–H groups in total. The van der Waals surface area contributed by atoms with E-state index in [-0.39, 0.29) is 54.6 Å². The number of allylic oxidation sites excluding steroid dienone is 2. The number of ether oxygens (including phenoxy) is 1. The summed E-state index contributed by atoms with van der Waals surface area (Å²) in [6, 6.07) is 8.61. The molecular weight excluding hydrogens is 789 g/mol. The third-order valence-electron chi connectivity index (χ3n) is 15.1. The molecule has 0 amide bonds. The van der Waals surface area contributed by atoms with Crippen LogP contribution in [0.3, 0.4) is 0 Å². The summed E-state index contributed by atoms with van der Waals surface area (Å²) in [4.78, 5) is 46.8. The first-order valence-corrected chi connectivity index (χ1v) is 23.6. The van der Waals surface area contributed by atoms with Crippen LogP contribution < -0.4 is 0 Å². The van der Waals surface area contributed by atoms with E-state index in [1.54, 1.807) is 13.8 Å². The summed E-state index contributed by atoms with van der Waals surface area (Å²) in [6.45, 7) is 35.6. The molecule has 4 fully saturated rings. The molecule has 0 aliphatic heterocycles. The van der Waals surface area contributed by atoms with Crippen molar-refractivity contribution in [2.24, 2.45) is 67.4 Å². The highest BCUT2D eigenvalue weighted by molar-refractivity contribution is 6.08. The van der Waals surface area contributed by atoms with Gasteiger partial charge in [0.2, 0.25) is 0 Å². The van der Waals surface area contributed by atoms with Gasteiger partial charge in [-0.1, -0.05) is 115 Å². The second-order valence-corrected chi connectivity index (χ2v) is 18.9. The van der Waals surface area contributed by atoms with Crippen LogP contribution >= 0.6 is 0 Å². The van der Waals surface area contributed by atoms with Gasteiger partial charge >= 0.3 is 5.97 Å². The van der Waals surface area contributed by atoms with Gasteiger partial charge in [0.1, 0.15) is 12.4 Å². The fourth-order valence-corrected chi connectivity index (χ4v) is 12.4. The van der Waals surface area contributed by atoms with E-state index in [1.165, 1.54) is 24.0 Å². The molecule has 1 aromatic rings. The largest absolute Gasteiger partial charge is 0.483 e. The van der Waals surface area contributed by atoms with Gasteiger partial charge in [0.05, 0.1) is 12.1 Å². The first-order valence-electron chi connectivity index (χ1n) is 23.6. The number of hydrogen-bond acceptors (Lipinski definition) is 8. The maximum atomic E-state index is 14.0. The molecule has 6 rings (SSSR count). The standard InChI is InChI=1S/C45H64N2O4.2C2H6.C2H4.CH2O2.CH4O.CH4/c1-11-31-12-14-32(15-13-31)29(5)46-47-30(6)45-23-19-35-33(41(45)40(27(2)3)36(49)24-45)16-17-38-43(9)22-20-37(51-39(50)25-42(7,8)26-48)28(4)34(43)18-21-44(35,38)10;3*1-2;2-1-3;1-2;/h12-15,26-28,33-35,37-38H,11,16-25H2,1-10H3;2*1-2H3;1-2H2;1H,(H,2,3);2H,1H3;1H4/b46-29+,47-30+;;;;;;. The Bertz CT molecular complexity index is 1710. The number of ketones is 1. The van der Waals surface area contributed by atoms with Gasteiger partial charge < -0.3 is 19.7 Å². The highest BCUT2D eigenvalue weighted by Crippen LogP contribution is 2.71. The van der Waals surface area contributed by atoms with E-state index in [0.29, 0.717) is 41.8 Å². The molecule has 5 aliphatic rings. The van der Waals surface area contributed by atoms with E-state index in [9.17, 15) is 14.4 Å². The zero-order valence-corrected chi connectivity index (χ0v) is 41.5. The van der Waals surface area contributed by atoms with E-state index < -0.39 is 5.41 Å². The third kappa shape index (κ3) is 12.6. The van der Waals surface area contributed by atoms with Crippen LogP contribution in [0, 0.1) is 57.2 Å². The molecular formula is C54H90N2O7. The van der Waals surface area contributed by atoms with Crippen molar-refractivity contribution in [2.45, 2.75) is 181 Å². The number of fused-ring (bicyclic) bond motifs is 7. The fraction of sp³-hybridized carbons (Fsp3) is 0.704. The average Bonchev–Trinajstić information content (AvgIpc) is 3.60. The van der Waals surface area contributed by atoms with Crippen molar-refractivity contribution >= 4 is 35.9 Å². The first-order chi connectivity index (χ1) is 29.4. The molecule has 0 aromatic heterocycles. The Morgan fingerprint density at radius 1 is 0.905 bits per heavy atom. The molecule has 4 saturated carbocycles. The number of rotatable bonds is 9. The van der Waals surface area contributed by atoms with E-state index >= 15 is 0 Å². The van der Waals surface area contributed by atoms with Gasteiger partial charge in [0, 0.05) is 30.1 Å². The molecule has 358 valence electrons. The molecule has 5 aliphatic carbocycles. The molecule has 9 nitrogen and oxygen atoms in total. The third-order valence-corrected chi connectivity index (χ3v) is 15.1. The topological polar surface area (TPSA) is 143 Å². The molecule has 0 heterocycles. The first kappa shape index (κ1) is 59.3. The molecule has 0 saturated heterocycles. The average molecular weight is 879 g/mol. The van der Waals surface area contributed by atoms with Crippen LogP contribution in [0.5, 0.6) is 0 Å². The van der Waals surface area contributed by atoms with Crippen molar-refractivity contribution in [3.05, 3.63) is 59.7 Å². The Morgan fingerprint density at radius 3 is 1.95 bits per heavy atom. The van der Waals surface area contributed by atoms with Crippen molar-refractivity contribution in [1.29, 1.82) is 0 Å². The lowest BCUT2D eigenvalue weighted by atomic mass is 9.38. The molecule has 0 radical (unpaired) electrons. The Kier molecular flexibility index (Phi) is 24.7. The molecule has 9 unspecified atom stereocenters. The summed E-state index contributed by atoms with van der Waals surface area (Å²) in [5, 5.41) is 23.6. The fourth-order valence-electron chi connectivity index (χ4n) is 12.4. The van der Waals surface area contributed by atoms with E-state index in [4.69, 9.17) is 29.9 Å². The predicted octanol–water partition coefficient (Wildman–Crippen LogP) is 13.0. The Labute approximate surface area is 384 Å². The molecule has 0 bridgehead atoms. The van der Waals surface area contributed by atoms with Crippen LogP contribution in [0.15, 0.2) is 58.8 Å². The van der Waals surface area contributed by atoms with E-state index in [2.05, 4.69) is 85.9 Å². The summed E-state index contributed by atoms with van der Waals surface area (Å²) < 4.78 is 6.12. The number of benzene rings is 1. The SMILES string of the molecule is C.C=C.CC.CC.CCc1ccc(/C(C)=N/N=C(\C)C23CCC4C(CCC5C4(C)CCC4C(C)C(OC(=O)CC(C)(C)C=O)CCC45C)C2=C(C(C)C)C(=O)C3)cc1.CO.O=CO. The highest BCUT2D eigenvalue weighted by atomic mass is 16.5. The smallest absolute Gasteiger partial charge is 0.307 e. The minimum atomic E-state index is -0.696. The van der Waals surface area contributed by atoms with Crippen molar-refractivity contribution in [2.75, 3.05) is 7.11 Å². The number of Topliss-reactive ketones (excluding diaryl/α,β-unsaturated/α-hetero) is 1. The van der Waals surface area contributed by atoms with Crippen LogP contribution in [-0.4, -0.2) is 59.4 Å². The van der Waals surface area contributed by atoms with Crippen LogP contribution in [-0.2, 0) is 30.3 Å². The summed E-state index contributed by atoms with van der Waals surface area (Å²) in [5.74, 6) is 2.62. The number of aryl methyl sites for hydroxylation is 1. The van der Waals surface area contributed by atoms with E-state index in [0.717, 1.165) is 80.9 Å². The van der Waals surface area contributed by atoms with E-state index in [1.807, 2.05) is 34.6 Å². The number of aliphatic hydroxyl groups is 1. The number of aliphatic hydroxyl groups excluding tert-OH is 1. The summed E-state index contributed by atoms with van der Waals surface area (Å²) >= 11 is 0. The van der Waals surface area contributed by atoms with Crippen LogP contribution in [0.2, 0.25) is 0 Å². The molecule has 1 aromatic carbocycles. The maximum Gasteiger partial charge on any atom is 0.307 e. The summed E-state index contributed by atoms with van der Waals surface area (Å²) in [7, 11) is 1.00. The maximum absolute atomic E-state index is 14.0. The van der Waals surface area contributed by atoms with Crippen molar-refractivity contribution in [1.82, 2.24) is 0 Å². The summed E-state index contributed by atoms with van der Waals surface area (Å²) in [6.07, 6.45) is 11.1. The van der Waals surface area contributed by atoms with Crippen LogP contribution in [0.25, 0.3) is 0 Å². The molecule has 9 atom stereocenters. The Morgan fingerprint density at radius 2 is 1.43 bits per heavy atom. The van der Waals surface area contributed by atoms with Crippen LogP contribution in [0.1, 0.15) is 180 Å². The summed E-state index contributed by atoms with van der Waals surface area (Å²) in [5.41, 5.74) is 6.19. The number of carbonyl (C=O) groups is 4. The number of carbonyl (C=O) groups excluding carboxylic acids is 3. The van der Waals surface area contributed by atoms with Gasteiger partial charge in [0.25, 0.3) is 6.47 Å². The quantitative estimate of drug-likeness (QED) is 0.0826. The zero-order chi connectivity index (χ0) is 47.8.